The standard InChI is InChI=1S/C18H24N2O4/c1-12-4-2-7-15(10-12)20(9-8-16(19)21)17(22)13-5-3-6-14(11-13)18(23)24/h2,4,7,10,13-14H,3,5-6,8-9,11H2,1H3,(H2,19,21)(H,23,24). The maximum absolute atomic E-state index is 13.0. The number of carbonyl (C=O) groups is 3. The molecule has 2 atom stereocenters. The molecule has 0 aromatic heterocycles. The number of nitrogens with zero attached hydrogens (tertiary/aromatic N) is 1. The van der Waals surface area contributed by atoms with Gasteiger partial charge in [0.25, 0.3) is 0 Å². The number of carboxylic acid groups (broad SMARTS) is 1. The van der Waals surface area contributed by atoms with Gasteiger partial charge in [-0.1, -0.05) is 18.6 Å². The van der Waals surface area contributed by atoms with Gasteiger partial charge in [0.2, 0.25) is 11.8 Å². The molecule has 1 aliphatic rings. The molecule has 1 fully saturated rings. The van der Waals surface area contributed by atoms with Crippen LogP contribution in [-0.2, 0) is 14.4 Å². The predicted octanol–water partition coefficient (Wildman–Crippen LogP) is 2.09. The van der Waals surface area contributed by atoms with Crippen molar-refractivity contribution in [2.24, 2.45) is 17.6 Å². The summed E-state index contributed by atoms with van der Waals surface area (Å²) in [4.78, 5) is 36.9. The van der Waals surface area contributed by atoms with Crippen molar-refractivity contribution in [1.29, 1.82) is 0 Å². The van der Waals surface area contributed by atoms with Crippen LogP contribution in [0, 0.1) is 18.8 Å². The van der Waals surface area contributed by atoms with Gasteiger partial charge >= 0.3 is 5.97 Å². The summed E-state index contributed by atoms with van der Waals surface area (Å²) >= 11 is 0. The molecule has 24 heavy (non-hydrogen) atoms. The molecule has 0 heterocycles. The van der Waals surface area contributed by atoms with Crippen molar-refractivity contribution >= 4 is 23.5 Å². The number of aryl methyl sites for hydroxylation is 1. The van der Waals surface area contributed by atoms with E-state index in [0.717, 1.165) is 17.7 Å². The van der Waals surface area contributed by atoms with Gasteiger partial charge in [-0.3, -0.25) is 14.4 Å². The Hall–Kier alpha value is -2.37. The van der Waals surface area contributed by atoms with E-state index in [-0.39, 0.29) is 24.8 Å². The van der Waals surface area contributed by atoms with Gasteiger partial charge < -0.3 is 15.7 Å². The number of rotatable bonds is 6. The van der Waals surface area contributed by atoms with Crippen molar-refractivity contribution < 1.29 is 19.5 Å². The second-order valence-corrected chi connectivity index (χ2v) is 6.44. The molecule has 2 unspecified atom stereocenters. The molecule has 1 aliphatic carbocycles. The van der Waals surface area contributed by atoms with Crippen LogP contribution >= 0.6 is 0 Å². The number of nitrogens with two attached hydrogens (primary N) is 1. The third-order valence-electron chi connectivity index (χ3n) is 4.53. The number of hydrogen-bond acceptors (Lipinski definition) is 3. The summed E-state index contributed by atoms with van der Waals surface area (Å²) in [6.45, 7) is 2.15. The first-order valence-corrected chi connectivity index (χ1v) is 8.27. The van der Waals surface area contributed by atoms with E-state index in [1.165, 1.54) is 0 Å². The molecule has 2 rings (SSSR count). The Morgan fingerprint density at radius 2 is 1.96 bits per heavy atom. The summed E-state index contributed by atoms with van der Waals surface area (Å²) in [6.07, 6.45) is 2.46. The molecule has 0 saturated heterocycles. The predicted molar refractivity (Wildman–Crippen MR) is 90.4 cm³/mol. The minimum atomic E-state index is -0.841. The maximum Gasteiger partial charge on any atom is 0.306 e. The van der Waals surface area contributed by atoms with E-state index in [9.17, 15) is 19.5 Å². The van der Waals surface area contributed by atoms with Gasteiger partial charge in [-0.25, -0.2) is 0 Å². The zero-order valence-electron chi connectivity index (χ0n) is 13.9. The van der Waals surface area contributed by atoms with Crippen LogP contribution in [0.25, 0.3) is 0 Å². The highest BCUT2D eigenvalue weighted by molar-refractivity contribution is 5.96. The monoisotopic (exact) mass is 332 g/mol. The third-order valence-corrected chi connectivity index (χ3v) is 4.53. The number of amides is 2. The van der Waals surface area contributed by atoms with Crippen LogP contribution in [0.3, 0.4) is 0 Å². The summed E-state index contributed by atoms with van der Waals surface area (Å²) in [7, 11) is 0. The van der Waals surface area contributed by atoms with Gasteiger partial charge in [-0.05, 0) is 43.9 Å². The Morgan fingerprint density at radius 1 is 1.25 bits per heavy atom. The zero-order chi connectivity index (χ0) is 17.7. The van der Waals surface area contributed by atoms with Gasteiger partial charge in [-0.15, -0.1) is 0 Å². The Labute approximate surface area is 141 Å². The molecule has 130 valence electrons. The van der Waals surface area contributed by atoms with Crippen molar-refractivity contribution in [3.8, 4) is 0 Å². The number of benzene rings is 1. The fraction of sp³-hybridized carbons (Fsp3) is 0.500. The van der Waals surface area contributed by atoms with Crippen LogP contribution in [0.5, 0.6) is 0 Å². The molecule has 6 heteroatoms. The fourth-order valence-electron chi connectivity index (χ4n) is 3.24. The van der Waals surface area contributed by atoms with Crippen LogP contribution in [0.1, 0.15) is 37.7 Å². The van der Waals surface area contributed by atoms with Gasteiger partial charge in [0.1, 0.15) is 0 Å². The Morgan fingerprint density at radius 3 is 2.58 bits per heavy atom. The van der Waals surface area contributed by atoms with Crippen molar-refractivity contribution in [3.05, 3.63) is 29.8 Å². The average molecular weight is 332 g/mol. The molecule has 1 aromatic rings. The quantitative estimate of drug-likeness (QED) is 0.833. The molecule has 1 saturated carbocycles. The lowest BCUT2D eigenvalue weighted by atomic mass is 9.80. The number of carboxylic acids is 1. The second-order valence-electron chi connectivity index (χ2n) is 6.44. The van der Waals surface area contributed by atoms with Gasteiger partial charge in [-0.2, -0.15) is 0 Å². The van der Waals surface area contributed by atoms with E-state index in [2.05, 4.69) is 0 Å². The van der Waals surface area contributed by atoms with E-state index < -0.39 is 17.8 Å². The second kappa shape index (κ2) is 7.95. The van der Waals surface area contributed by atoms with E-state index >= 15 is 0 Å². The SMILES string of the molecule is Cc1cccc(N(CCC(N)=O)C(=O)C2CCCC(C(=O)O)C2)c1. The highest BCUT2D eigenvalue weighted by atomic mass is 16.4. The normalized spacial score (nSPS) is 20.4. The van der Waals surface area contributed by atoms with E-state index in [4.69, 9.17) is 5.73 Å². The Bertz CT molecular complexity index is 629. The highest BCUT2D eigenvalue weighted by Gasteiger charge is 2.33. The summed E-state index contributed by atoms with van der Waals surface area (Å²) in [6, 6.07) is 7.50. The van der Waals surface area contributed by atoms with Crippen LogP contribution < -0.4 is 10.6 Å². The van der Waals surface area contributed by atoms with Crippen molar-refractivity contribution in [3.63, 3.8) is 0 Å². The van der Waals surface area contributed by atoms with Crippen LogP contribution in [0.4, 0.5) is 5.69 Å². The van der Waals surface area contributed by atoms with Crippen molar-refractivity contribution in [2.75, 3.05) is 11.4 Å². The van der Waals surface area contributed by atoms with Crippen molar-refractivity contribution in [1.82, 2.24) is 0 Å². The molecule has 2 amide bonds. The van der Waals surface area contributed by atoms with Crippen molar-refractivity contribution in [2.45, 2.75) is 39.0 Å². The molecule has 6 nitrogen and oxygen atoms in total. The summed E-state index contributed by atoms with van der Waals surface area (Å²) in [5.74, 6) is -2.22. The van der Waals surface area contributed by atoms with Gasteiger partial charge in [0, 0.05) is 24.6 Å². The maximum atomic E-state index is 13.0. The first-order chi connectivity index (χ1) is 11.4. The number of carbonyl (C=O) groups excluding carboxylic acids is 2. The van der Waals surface area contributed by atoms with E-state index in [0.29, 0.717) is 19.3 Å². The van der Waals surface area contributed by atoms with Crippen LogP contribution in [0.2, 0.25) is 0 Å². The first-order valence-electron chi connectivity index (χ1n) is 8.27. The Kier molecular flexibility index (Phi) is 5.95. The molecule has 0 bridgehead atoms. The number of primary amides is 1. The van der Waals surface area contributed by atoms with Crippen LogP contribution in [-0.4, -0.2) is 29.4 Å². The highest BCUT2D eigenvalue weighted by Crippen LogP contribution is 2.32. The Balaban J connectivity index is 2.20. The van der Waals surface area contributed by atoms with Gasteiger partial charge in [0.05, 0.1) is 5.92 Å². The first kappa shape index (κ1) is 18.0. The number of anilines is 1. The molecule has 0 spiro atoms. The lowest BCUT2D eigenvalue weighted by Crippen LogP contribution is -2.40. The van der Waals surface area contributed by atoms with Crippen LogP contribution in [0.15, 0.2) is 24.3 Å². The van der Waals surface area contributed by atoms with E-state index in [1.54, 1.807) is 4.90 Å². The zero-order valence-corrected chi connectivity index (χ0v) is 13.9. The average Bonchev–Trinajstić information content (AvgIpc) is 2.54. The minimum absolute atomic E-state index is 0.0781. The molecule has 3 N–H and O–H groups in total. The topological polar surface area (TPSA) is 101 Å². The lowest BCUT2D eigenvalue weighted by molar-refractivity contribution is -0.143. The molecular formula is C18H24N2O4. The molecule has 1 aromatic carbocycles. The molecule has 0 aliphatic heterocycles. The fourth-order valence-corrected chi connectivity index (χ4v) is 3.24. The number of hydrogen-bond donors (Lipinski definition) is 2. The largest absolute Gasteiger partial charge is 0.481 e. The summed E-state index contributed by atoms with van der Waals surface area (Å²) < 4.78 is 0. The van der Waals surface area contributed by atoms with E-state index in [1.807, 2.05) is 31.2 Å². The summed E-state index contributed by atoms with van der Waals surface area (Å²) in [5.41, 5.74) is 6.97. The smallest absolute Gasteiger partial charge is 0.306 e. The lowest BCUT2D eigenvalue weighted by Gasteiger charge is -2.31. The number of aliphatic carboxylic acids is 1. The third kappa shape index (κ3) is 4.57. The minimum Gasteiger partial charge on any atom is -0.481 e. The molecular weight excluding hydrogens is 308 g/mol. The molecule has 0 radical (unpaired) electrons. The van der Waals surface area contributed by atoms with Gasteiger partial charge in [0.15, 0.2) is 0 Å². The summed E-state index contributed by atoms with van der Waals surface area (Å²) in [5, 5.41) is 9.22.